The zero-order valence-electron chi connectivity index (χ0n) is 16.8. The molecule has 1 unspecified atom stereocenters. The summed E-state index contributed by atoms with van der Waals surface area (Å²) in [5.41, 5.74) is 5.08. The first kappa shape index (κ1) is 18.3. The molecule has 2 aliphatic rings. The minimum absolute atomic E-state index is 0.626. The summed E-state index contributed by atoms with van der Waals surface area (Å²) in [5.74, 6) is 1.46. The summed E-state index contributed by atoms with van der Waals surface area (Å²) >= 11 is 0. The molecule has 1 atom stereocenters. The van der Waals surface area contributed by atoms with Crippen molar-refractivity contribution in [3.63, 3.8) is 0 Å². The van der Waals surface area contributed by atoms with Crippen molar-refractivity contribution in [2.45, 2.75) is 25.7 Å². The number of piperidine rings is 1. The van der Waals surface area contributed by atoms with E-state index in [0.29, 0.717) is 5.92 Å². The average Bonchev–Trinajstić information content (AvgIpc) is 3.33. The highest BCUT2D eigenvalue weighted by Crippen LogP contribution is 2.28. The Hall–Kier alpha value is -2.73. The third-order valence-corrected chi connectivity index (χ3v) is 6.05. The van der Waals surface area contributed by atoms with Crippen LogP contribution in [0.1, 0.15) is 25.7 Å². The fourth-order valence-corrected chi connectivity index (χ4v) is 4.40. The maximum absolute atomic E-state index is 4.94. The Kier molecular flexibility index (Phi) is 5.26. The average molecular weight is 389 g/mol. The molecule has 3 aromatic rings. The number of nitrogens with one attached hydrogen (secondary N) is 2. The van der Waals surface area contributed by atoms with E-state index in [1.807, 2.05) is 6.07 Å². The lowest BCUT2D eigenvalue weighted by Gasteiger charge is -2.23. The van der Waals surface area contributed by atoms with Crippen LogP contribution in [0.4, 0.5) is 11.5 Å². The van der Waals surface area contributed by atoms with Gasteiger partial charge in [-0.2, -0.15) is 0 Å². The van der Waals surface area contributed by atoms with E-state index in [4.69, 9.17) is 4.98 Å². The van der Waals surface area contributed by atoms with Crippen LogP contribution in [0.5, 0.6) is 0 Å². The predicted octanol–water partition coefficient (Wildman–Crippen LogP) is 3.70. The Morgan fingerprint density at radius 3 is 2.66 bits per heavy atom. The molecule has 0 aliphatic carbocycles. The first-order chi connectivity index (χ1) is 14.4. The van der Waals surface area contributed by atoms with E-state index in [1.54, 1.807) is 12.4 Å². The van der Waals surface area contributed by atoms with Crippen molar-refractivity contribution in [3.8, 4) is 11.3 Å². The van der Waals surface area contributed by atoms with Crippen LogP contribution in [-0.2, 0) is 0 Å². The van der Waals surface area contributed by atoms with Crippen LogP contribution in [0, 0.1) is 5.92 Å². The topological polar surface area (TPSA) is 66.0 Å². The highest BCUT2D eigenvalue weighted by atomic mass is 15.1. The molecule has 2 saturated heterocycles. The van der Waals surface area contributed by atoms with Crippen LogP contribution in [0.15, 0.2) is 42.7 Å². The maximum Gasteiger partial charge on any atom is 0.154 e. The lowest BCUT2D eigenvalue weighted by atomic mass is 10.00. The van der Waals surface area contributed by atoms with Gasteiger partial charge in [0, 0.05) is 43.3 Å². The van der Waals surface area contributed by atoms with E-state index in [-0.39, 0.29) is 0 Å². The van der Waals surface area contributed by atoms with Gasteiger partial charge in [0.2, 0.25) is 0 Å². The Labute approximate surface area is 171 Å². The monoisotopic (exact) mass is 388 g/mol. The summed E-state index contributed by atoms with van der Waals surface area (Å²) in [4.78, 5) is 16.5. The molecule has 2 N–H and O–H groups in total. The van der Waals surface area contributed by atoms with E-state index >= 15 is 0 Å². The SMILES string of the molecule is c1cnc2c(NCC3CCCNC3)nc(-c3ccc(N4CCCC4)cc3)cc2n1. The van der Waals surface area contributed by atoms with E-state index < -0.39 is 0 Å². The zero-order valence-corrected chi connectivity index (χ0v) is 16.8. The first-order valence-corrected chi connectivity index (χ1v) is 10.8. The number of hydrogen-bond acceptors (Lipinski definition) is 6. The van der Waals surface area contributed by atoms with Gasteiger partial charge in [-0.3, -0.25) is 4.98 Å². The molecule has 0 radical (unpaired) electrons. The molecule has 150 valence electrons. The number of nitrogens with zero attached hydrogens (tertiary/aromatic N) is 4. The second-order valence-electron chi connectivity index (χ2n) is 8.11. The zero-order chi connectivity index (χ0) is 19.5. The van der Waals surface area contributed by atoms with Crippen molar-refractivity contribution in [2.75, 3.05) is 42.9 Å². The number of fused-ring (bicyclic) bond motifs is 1. The lowest BCUT2D eigenvalue weighted by molar-refractivity contribution is 0.392. The van der Waals surface area contributed by atoms with Crippen molar-refractivity contribution in [3.05, 3.63) is 42.7 Å². The number of pyridine rings is 1. The van der Waals surface area contributed by atoms with Gasteiger partial charge < -0.3 is 15.5 Å². The molecule has 0 saturated carbocycles. The minimum atomic E-state index is 0.626. The van der Waals surface area contributed by atoms with Crippen molar-refractivity contribution in [2.24, 2.45) is 5.92 Å². The van der Waals surface area contributed by atoms with E-state index in [0.717, 1.165) is 60.8 Å². The third kappa shape index (κ3) is 4.03. The van der Waals surface area contributed by atoms with E-state index in [9.17, 15) is 0 Å². The minimum Gasteiger partial charge on any atom is -0.372 e. The summed E-state index contributed by atoms with van der Waals surface area (Å²) in [6, 6.07) is 10.8. The molecule has 0 amide bonds. The van der Waals surface area contributed by atoms with Gasteiger partial charge in [-0.25, -0.2) is 9.97 Å². The normalized spacial score (nSPS) is 19.6. The number of aromatic nitrogens is 3. The number of benzene rings is 1. The van der Waals surface area contributed by atoms with Gasteiger partial charge in [-0.15, -0.1) is 0 Å². The van der Waals surface area contributed by atoms with Crippen molar-refractivity contribution >= 4 is 22.5 Å². The highest BCUT2D eigenvalue weighted by molar-refractivity contribution is 5.88. The van der Waals surface area contributed by atoms with Crippen molar-refractivity contribution in [1.82, 2.24) is 20.3 Å². The van der Waals surface area contributed by atoms with Crippen LogP contribution >= 0.6 is 0 Å². The lowest BCUT2D eigenvalue weighted by Crippen LogP contribution is -2.33. The highest BCUT2D eigenvalue weighted by Gasteiger charge is 2.16. The number of rotatable bonds is 5. The first-order valence-electron chi connectivity index (χ1n) is 10.8. The molecule has 5 rings (SSSR count). The molecule has 2 aliphatic heterocycles. The Balaban J connectivity index is 1.42. The third-order valence-electron chi connectivity index (χ3n) is 6.05. The van der Waals surface area contributed by atoms with Crippen LogP contribution in [-0.4, -0.2) is 47.7 Å². The van der Waals surface area contributed by atoms with E-state index in [2.05, 4.69) is 49.8 Å². The van der Waals surface area contributed by atoms with Crippen LogP contribution in [0.3, 0.4) is 0 Å². The van der Waals surface area contributed by atoms with Gasteiger partial charge in [-0.05, 0) is 62.9 Å². The van der Waals surface area contributed by atoms with Crippen LogP contribution in [0.2, 0.25) is 0 Å². The Bertz CT molecular complexity index is 959. The second kappa shape index (κ2) is 8.33. The molecule has 1 aromatic carbocycles. The summed E-state index contributed by atoms with van der Waals surface area (Å²) in [6.07, 6.45) is 8.56. The van der Waals surface area contributed by atoms with Gasteiger partial charge in [0.05, 0.1) is 11.2 Å². The van der Waals surface area contributed by atoms with Gasteiger partial charge in [0.1, 0.15) is 5.52 Å². The standard InChI is InChI=1S/C23H28N6/c1-2-13-29(12-1)19-7-5-18(6-8-19)20-14-21-22(26-11-10-25-21)23(28-20)27-16-17-4-3-9-24-15-17/h5-8,10-11,14,17,24H,1-4,9,12-13,15-16H2,(H,27,28). The van der Waals surface area contributed by atoms with Gasteiger partial charge in [0.15, 0.2) is 5.82 Å². The molecular weight excluding hydrogens is 360 g/mol. The van der Waals surface area contributed by atoms with Crippen LogP contribution < -0.4 is 15.5 Å². The van der Waals surface area contributed by atoms with Crippen molar-refractivity contribution in [1.29, 1.82) is 0 Å². The molecule has 0 spiro atoms. The predicted molar refractivity (Wildman–Crippen MR) is 118 cm³/mol. The molecule has 6 nitrogen and oxygen atoms in total. The van der Waals surface area contributed by atoms with E-state index in [1.165, 1.54) is 31.4 Å². The second-order valence-corrected chi connectivity index (χ2v) is 8.11. The summed E-state index contributed by atoms with van der Waals surface area (Å²) in [6.45, 7) is 5.42. The summed E-state index contributed by atoms with van der Waals surface area (Å²) < 4.78 is 0. The molecule has 29 heavy (non-hydrogen) atoms. The van der Waals surface area contributed by atoms with Gasteiger partial charge >= 0.3 is 0 Å². The molecule has 2 fully saturated rings. The Morgan fingerprint density at radius 2 is 1.86 bits per heavy atom. The largest absolute Gasteiger partial charge is 0.372 e. The summed E-state index contributed by atoms with van der Waals surface area (Å²) in [5, 5.41) is 7.04. The number of hydrogen-bond donors (Lipinski definition) is 2. The quantitative estimate of drug-likeness (QED) is 0.695. The Morgan fingerprint density at radius 1 is 1.03 bits per heavy atom. The molecular formula is C23H28N6. The maximum atomic E-state index is 4.94. The van der Waals surface area contributed by atoms with Crippen molar-refractivity contribution < 1.29 is 0 Å². The van der Waals surface area contributed by atoms with Gasteiger partial charge in [0.25, 0.3) is 0 Å². The molecule has 2 aromatic heterocycles. The molecule has 4 heterocycles. The molecule has 0 bridgehead atoms. The smallest absolute Gasteiger partial charge is 0.154 e. The van der Waals surface area contributed by atoms with Crippen LogP contribution in [0.25, 0.3) is 22.3 Å². The number of anilines is 2. The summed E-state index contributed by atoms with van der Waals surface area (Å²) in [7, 11) is 0. The van der Waals surface area contributed by atoms with Gasteiger partial charge in [-0.1, -0.05) is 12.1 Å². The fourth-order valence-electron chi connectivity index (χ4n) is 4.40. The fraction of sp³-hybridized carbons (Fsp3) is 0.435. The molecule has 6 heteroatoms.